The minimum Gasteiger partial charge on any atom is -0.479 e. The van der Waals surface area contributed by atoms with Gasteiger partial charge in [-0.15, -0.1) is 0 Å². The van der Waals surface area contributed by atoms with Gasteiger partial charge in [0.05, 0.1) is 0 Å². The van der Waals surface area contributed by atoms with E-state index in [0.717, 1.165) is 6.92 Å². The van der Waals surface area contributed by atoms with Crippen LogP contribution in [0, 0.1) is 5.92 Å². The largest absolute Gasteiger partial charge is 1.00 e. The average molecular weight is 182 g/mol. The van der Waals surface area contributed by atoms with E-state index in [1.807, 2.05) is 0 Å². The summed E-state index contributed by atoms with van der Waals surface area (Å²) in [5.41, 5.74) is 0. The van der Waals surface area contributed by atoms with Crippen molar-refractivity contribution in [2.75, 3.05) is 6.61 Å². The van der Waals surface area contributed by atoms with Crippen molar-refractivity contribution in [3.8, 4) is 0 Å². The molecule has 1 N–H and O–H groups in total. The third-order valence-corrected chi connectivity index (χ3v) is 0.399. The Morgan fingerprint density at radius 1 is 1.31 bits per heavy atom. The molecular weight excluding hydrogens is 167 g/mol. The normalized spacial score (nSPS) is 7.77. The quantitative estimate of drug-likeness (QED) is 0.313. The average Bonchev–Trinajstić information content (AvgIpc) is 1.82. The number of aliphatic carboxylic acids is 1. The summed E-state index contributed by atoms with van der Waals surface area (Å²) in [7, 11) is 0. The number of carbonyl (C=O) groups excluding carboxylic acids is 1. The summed E-state index contributed by atoms with van der Waals surface area (Å²) in [5.74, 6) is -0.299. The van der Waals surface area contributed by atoms with E-state index in [2.05, 4.69) is 25.5 Å². The van der Waals surface area contributed by atoms with Crippen LogP contribution in [0.1, 0.15) is 27.7 Å². The Morgan fingerprint density at radius 3 is 1.69 bits per heavy atom. The molecule has 13 heavy (non-hydrogen) atoms. The molecule has 5 heteroatoms. The molecule has 0 atom stereocenters. The number of carbonyl (C=O) groups is 2. The van der Waals surface area contributed by atoms with E-state index in [9.17, 15) is 9.59 Å². The van der Waals surface area contributed by atoms with Crippen molar-refractivity contribution in [3.63, 3.8) is 0 Å². The third-order valence-electron chi connectivity index (χ3n) is 0.399. The molecule has 0 aromatic rings. The first kappa shape index (κ1) is 18.3. The second kappa shape index (κ2) is 11.5. The van der Waals surface area contributed by atoms with Gasteiger partial charge in [0.25, 0.3) is 0 Å². The molecule has 0 saturated carbocycles. The van der Waals surface area contributed by atoms with E-state index >= 15 is 0 Å². The number of hydrogen-bond acceptors (Lipinski definition) is 3. The van der Waals surface area contributed by atoms with E-state index in [4.69, 9.17) is 5.11 Å². The summed E-state index contributed by atoms with van der Waals surface area (Å²) in [6.07, 6.45) is 0. The predicted octanol–water partition coefficient (Wildman–Crippen LogP) is -1.74. The zero-order valence-corrected chi connectivity index (χ0v) is 8.88. The number of carboxylic acid groups (broad SMARTS) is 1. The van der Waals surface area contributed by atoms with Crippen LogP contribution in [0.2, 0.25) is 0 Å². The van der Waals surface area contributed by atoms with Gasteiger partial charge < -0.3 is 15.8 Å². The molecule has 0 unspecified atom stereocenters. The summed E-state index contributed by atoms with van der Waals surface area (Å²) in [6.45, 7) is 6.86. The Bertz CT molecular complexity index is 128. The van der Waals surface area contributed by atoms with Crippen LogP contribution in [0.25, 0.3) is 0 Å². The molecule has 0 radical (unpaired) electrons. The maximum absolute atomic E-state index is 9.86. The molecule has 0 spiro atoms. The number of hydrogen-bond donors (Lipinski definition) is 1. The maximum atomic E-state index is 9.86. The molecular formula is C8H15LiO4. The smallest absolute Gasteiger partial charge is 0.479 e. The van der Waals surface area contributed by atoms with Crippen molar-refractivity contribution < 1.29 is 38.3 Å². The summed E-state index contributed by atoms with van der Waals surface area (Å²) < 4.78 is 4.06. The topological polar surface area (TPSA) is 63.6 Å². The number of carboxylic acids is 1. The Kier molecular flexibility index (Phi) is 16.3. The van der Waals surface area contributed by atoms with Crippen molar-refractivity contribution >= 4 is 11.9 Å². The fourth-order valence-corrected chi connectivity index (χ4v) is 0.163. The minimum absolute atomic E-state index is 0. The molecule has 0 aliphatic carbocycles. The number of rotatable bonds is 2. The van der Waals surface area contributed by atoms with Crippen LogP contribution in [0.3, 0.4) is 0 Å². The molecule has 0 aliphatic rings. The van der Waals surface area contributed by atoms with Gasteiger partial charge in [0.2, 0.25) is 0 Å². The van der Waals surface area contributed by atoms with Crippen LogP contribution in [-0.4, -0.2) is 23.7 Å². The molecule has 0 bridgehead atoms. The Hall–Kier alpha value is -0.463. The molecule has 0 saturated heterocycles. The standard InChI is InChI=1S/C4H6O4.C4H9.Li/c1-3(5)8-2-4(6)7;1-4(2)3;/h2H2,1H3,(H,6,7);1-3H3;/q;-1;+1. The second-order valence-electron chi connectivity index (χ2n) is 2.67. The molecule has 0 rings (SSSR count). The maximum Gasteiger partial charge on any atom is 1.00 e. The summed E-state index contributed by atoms with van der Waals surface area (Å²) in [5, 5.41) is 7.89. The summed E-state index contributed by atoms with van der Waals surface area (Å²) >= 11 is 0. The first-order chi connectivity index (χ1) is 5.36. The second-order valence-corrected chi connectivity index (χ2v) is 2.67. The molecule has 0 fully saturated rings. The van der Waals surface area contributed by atoms with Gasteiger partial charge in [-0.05, 0) is 0 Å². The van der Waals surface area contributed by atoms with Gasteiger partial charge in [0.15, 0.2) is 6.61 Å². The van der Waals surface area contributed by atoms with Crippen LogP contribution in [0.15, 0.2) is 0 Å². The van der Waals surface area contributed by atoms with Gasteiger partial charge in [0.1, 0.15) is 0 Å². The molecule has 0 aromatic carbocycles. The molecule has 0 amide bonds. The zero-order valence-electron chi connectivity index (χ0n) is 8.88. The fraction of sp³-hybridized carbons (Fsp3) is 0.625. The van der Waals surface area contributed by atoms with Gasteiger partial charge in [-0.25, -0.2) is 4.79 Å². The first-order valence-corrected chi connectivity index (χ1v) is 3.48. The van der Waals surface area contributed by atoms with Crippen molar-refractivity contribution in [2.24, 2.45) is 0 Å². The Labute approximate surface area is 90.8 Å². The monoisotopic (exact) mass is 182 g/mol. The fourth-order valence-electron chi connectivity index (χ4n) is 0.163. The predicted molar refractivity (Wildman–Crippen MR) is 44.5 cm³/mol. The SMILES string of the molecule is CC(=O)OCC(=O)O.C[C-](C)C.[Li+]. The van der Waals surface area contributed by atoms with E-state index in [1.54, 1.807) is 0 Å². The molecule has 0 aromatic heterocycles. The van der Waals surface area contributed by atoms with Crippen LogP contribution in [0.5, 0.6) is 0 Å². The van der Waals surface area contributed by atoms with Crippen molar-refractivity contribution in [1.82, 2.24) is 0 Å². The molecule has 0 heterocycles. The van der Waals surface area contributed by atoms with E-state index in [-0.39, 0.29) is 18.9 Å². The van der Waals surface area contributed by atoms with Gasteiger partial charge in [0, 0.05) is 6.92 Å². The van der Waals surface area contributed by atoms with E-state index in [0.29, 0.717) is 0 Å². The van der Waals surface area contributed by atoms with Crippen molar-refractivity contribution in [3.05, 3.63) is 5.92 Å². The molecule has 72 valence electrons. The van der Waals surface area contributed by atoms with E-state index < -0.39 is 18.5 Å². The van der Waals surface area contributed by atoms with Crippen LogP contribution < -0.4 is 18.9 Å². The zero-order chi connectivity index (χ0) is 10.1. The van der Waals surface area contributed by atoms with Crippen LogP contribution in [0.4, 0.5) is 0 Å². The summed E-state index contributed by atoms with van der Waals surface area (Å²) in [6, 6.07) is 0. The Morgan fingerprint density at radius 2 is 1.62 bits per heavy atom. The van der Waals surface area contributed by atoms with Gasteiger partial charge in [-0.3, -0.25) is 4.79 Å². The third kappa shape index (κ3) is 51.0. The van der Waals surface area contributed by atoms with Crippen molar-refractivity contribution in [2.45, 2.75) is 27.7 Å². The molecule has 0 aliphatic heterocycles. The Balaban J connectivity index is -0.000000173. The van der Waals surface area contributed by atoms with Crippen LogP contribution >= 0.6 is 0 Å². The minimum atomic E-state index is -1.14. The van der Waals surface area contributed by atoms with Gasteiger partial charge in [-0.1, -0.05) is 0 Å². The van der Waals surface area contributed by atoms with Gasteiger partial charge >= 0.3 is 30.8 Å². The number of ether oxygens (including phenoxy) is 1. The van der Waals surface area contributed by atoms with E-state index in [1.165, 1.54) is 5.92 Å². The van der Waals surface area contributed by atoms with Crippen molar-refractivity contribution in [1.29, 1.82) is 0 Å². The first-order valence-electron chi connectivity index (χ1n) is 3.48. The molecule has 4 nitrogen and oxygen atoms in total. The number of esters is 1. The summed E-state index contributed by atoms with van der Waals surface area (Å²) in [4.78, 5) is 19.5. The van der Waals surface area contributed by atoms with Crippen LogP contribution in [-0.2, 0) is 14.3 Å². The van der Waals surface area contributed by atoms with Gasteiger partial charge in [-0.2, -0.15) is 20.8 Å².